The molecule has 2 aromatic heterocycles. The zero-order chi connectivity index (χ0) is 12.4. The van der Waals surface area contributed by atoms with E-state index >= 15 is 0 Å². The van der Waals surface area contributed by atoms with Crippen LogP contribution >= 0.6 is 11.3 Å². The number of nitrogens with two attached hydrogens (primary N) is 1. The summed E-state index contributed by atoms with van der Waals surface area (Å²) in [7, 11) is 0. The van der Waals surface area contributed by atoms with Gasteiger partial charge in [-0.15, -0.1) is 0 Å². The number of aryl methyl sites for hydroxylation is 1. The van der Waals surface area contributed by atoms with Crippen molar-refractivity contribution in [3.05, 3.63) is 43.7 Å². The van der Waals surface area contributed by atoms with Gasteiger partial charge in [-0.05, 0) is 6.92 Å². The summed E-state index contributed by atoms with van der Waals surface area (Å²) in [6, 6.07) is 0. The monoisotopic (exact) mass is 253 g/mol. The van der Waals surface area contributed by atoms with E-state index in [1.165, 1.54) is 22.1 Å². The number of hydrazine groups is 1. The lowest BCUT2D eigenvalue weighted by molar-refractivity contribution is 0.720. The van der Waals surface area contributed by atoms with Gasteiger partial charge < -0.3 is 0 Å². The SMILES string of the molecule is Cc1cn(Cc2cnc(NN)s2)c(=O)[nH]c1=O. The fourth-order valence-electron chi connectivity index (χ4n) is 1.35. The van der Waals surface area contributed by atoms with E-state index in [0.717, 1.165) is 4.88 Å². The molecule has 0 aromatic carbocycles. The van der Waals surface area contributed by atoms with Crippen LogP contribution in [-0.2, 0) is 6.54 Å². The number of hydrogen-bond acceptors (Lipinski definition) is 6. The molecule has 0 unspecified atom stereocenters. The van der Waals surface area contributed by atoms with Gasteiger partial charge in [-0.25, -0.2) is 15.6 Å². The zero-order valence-corrected chi connectivity index (χ0v) is 9.87. The van der Waals surface area contributed by atoms with Crippen LogP contribution in [0.4, 0.5) is 5.13 Å². The molecule has 0 aliphatic rings. The van der Waals surface area contributed by atoms with Gasteiger partial charge in [-0.1, -0.05) is 11.3 Å². The summed E-state index contributed by atoms with van der Waals surface area (Å²) in [6.45, 7) is 2.00. The molecule has 7 nitrogen and oxygen atoms in total. The molecule has 8 heteroatoms. The molecule has 0 atom stereocenters. The topological polar surface area (TPSA) is 106 Å². The van der Waals surface area contributed by atoms with Gasteiger partial charge in [0.15, 0.2) is 5.13 Å². The lowest BCUT2D eigenvalue weighted by Crippen LogP contribution is -2.30. The number of H-pyrrole nitrogens is 1. The van der Waals surface area contributed by atoms with E-state index in [0.29, 0.717) is 17.2 Å². The van der Waals surface area contributed by atoms with Crippen LogP contribution < -0.4 is 22.5 Å². The second-order valence-electron chi connectivity index (χ2n) is 3.48. The Morgan fingerprint density at radius 1 is 1.59 bits per heavy atom. The number of hydrogen-bond donors (Lipinski definition) is 3. The van der Waals surface area contributed by atoms with Crippen LogP contribution in [-0.4, -0.2) is 14.5 Å². The Kier molecular flexibility index (Phi) is 3.07. The third-order valence-electron chi connectivity index (χ3n) is 2.19. The third kappa shape index (κ3) is 2.43. The average Bonchev–Trinajstić information content (AvgIpc) is 2.73. The molecule has 2 aromatic rings. The van der Waals surface area contributed by atoms with E-state index in [4.69, 9.17) is 5.84 Å². The first kappa shape index (κ1) is 11.6. The summed E-state index contributed by atoms with van der Waals surface area (Å²) in [5.74, 6) is 5.21. The number of anilines is 1. The zero-order valence-electron chi connectivity index (χ0n) is 9.06. The standard InChI is InChI=1S/C9H11N5O2S/c1-5-3-14(9(16)12-7(5)15)4-6-2-11-8(13-10)17-6/h2-3H,4,10H2,1H3,(H,11,13)(H,12,15,16). The molecule has 0 amide bonds. The van der Waals surface area contributed by atoms with Gasteiger partial charge in [0.25, 0.3) is 5.56 Å². The van der Waals surface area contributed by atoms with E-state index in [1.54, 1.807) is 13.1 Å². The van der Waals surface area contributed by atoms with Crippen molar-refractivity contribution in [3.8, 4) is 0 Å². The minimum atomic E-state index is -0.434. The molecule has 0 radical (unpaired) electrons. The summed E-state index contributed by atoms with van der Waals surface area (Å²) in [6.07, 6.45) is 3.16. The highest BCUT2D eigenvalue weighted by atomic mass is 32.1. The van der Waals surface area contributed by atoms with Crippen LogP contribution in [0.2, 0.25) is 0 Å². The van der Waals surface area contributed by atoms with E-state index in [1.807, 2.05) is 0 Å². The fraction of sp³-hybridized carbons (Fsp3) is 0.222. The number of nitrogen functional groups attached to an aromatic ring is 1. The first-order valence-electron chi connectivity index (χ1n) is 4.82. The molecular weight excluding hydrogens is 242 g/mol. The van der Waals surface area contributed by atoms with Crippen molar-refractivity contribution in [1.29, 1.82) is 0 Å². The lowest BCUT2D eigenvalue weighted by Gasteiger charge is -2.02. The van der Waals surface area contributed by atoms with Gasteiger partial charge in [-0.3, -0.25) is 19.8 Å². The predicted molar refractivity (Wildman–Crippen MR) is 65.1 cm³/mol. The number of rotatable bonds is 3. The Morgan fingerprint density at radius 2 is 2.35 bits per heavy atom. The molecule has 0 bridgehead atoms. The van der Waals surface area contributed by atoms with E-state index in [-0.39, 0.29) is 5.56 Å². The van der Waals surface area contributed by atoms with Gasteiger partial charge in [-0.2, -0.15) is 0 Å². The summed E-state index contributed by atoms with van der Waals surface area (Å²) in [5, 5.41) is 0.578. The predicted octanol–water partition coefficient (Wildman–Crippen LogP) is -0.365. The Balaban J connectivity index is 2.33. The quantitative estimate of drug-likeness (QED) is 0.511. The molecule has 0 saturated carbocycles. The van der Waals surface area contributed by atoms with Gasteiger partial charge in [0.1, 0.15) is 0 Å². The van der Waals surface area contributed by atoms with Crippen molar-refractivity contribution < 1.29 is 0 Å². The summed E-state index contributed by atoms with van der Waals surface area (Å²) in [4.78, 5) is 29.8. The van der Waals surface area contributed by atoms with Crippen molar-refractivity contribution in [2.24, 2.45) is 5.84 Å². The van der Waals surface area contributed by atoms with E-state index < -0.39 is 5.69 Å². The molecule has 2 heterocycles. The van der Waals surface area contributed by atoms with Crippen molar-refractivity contribution >= 4 is 16.5 Å². The van der Waals surface area contributed by atoms with Gasteiger partial charge in [0.2, 0.25) is 0 Å². The molecule has 0 spiro atoms. The van der Waals surface area contributed by atoms with Gasteiger partial charge in [0, 0.05) is 22.8 Å². The largest absolute Gasteiger partial charge is 0.328 e. The molecule has 0 aliphatic carbocycles. The van der Waals surface area contributed by atoms with Crippen LogP contribution in [0.3, 0.4) is 0 Å². The van der Waals surface area contributed by atoms with Crippen molar-refractivity contribution in [1.82, 2.24) is 14.5 Å². The first-order chi connectivity index (χ1) is 8.10. The summed E-state index contributed by atoms with van der Waals surface area (Å²) in [5.41, 5.74) is 2.13. The smallest absolute Gasteiger partial charge is 0.300 e. The highest BCUT2D eigenvalue weighted by Crippen LogP contribution is 2.17. The Morgan fingerprint density at radius 3 is 3.00 bits per heavy atom. The van der Waals surface area contributed by atoms with Crippen LogP contribution in [0.1, 0.15) is 10.4 Å². The summed E-state index contributed by atoms with van der Waals surface area (Å²) < 4.78 is 1.42. The van der Waals surface area contributed by atoms with Crippen molar-refractivity contribution in [2.75, 3.05) is 5.43 Å². The normalized spacial score (nSPS) is 10.5. The maximum absolute atomic E-state index is 11.5. The van der Waals surface area contributed by atoms with Crippen LogP contribution in [0.5, 0.6) is 0 Å². The number of thiazole rings is 1. The number of aromatic nitrogens is 3. The maximum atomic E-state index is 11.5. The van der Waals surface area contributed by atoms with Crippen LogP contribution in [0, 0.1) is 6.92 Å². The molecule has 17 heavy (non-hydrogen) atoms. The number of nitrogens with zero attached hydrogens (tertiary/aromatic N) is 2. The second-order valence-corrected chi connectivity index (χ2v) is 4.59. The van der Waals surface area contributed by atoms with E-state index in [2.05, 4.69) is 15.4 Å². The molecular formula is C9H11N5O2S. The van der Waals surface area contributed by atoms with Crippen LogP contribution in [0.25, 0.3) is 0 Å². The molecule has 90 valence electrons. The van der Waals surface area contributed by atoms with Crippen molar-refractivity contribution in [3.63, 3.8) is 0 Å². The van der Waals surface area contributed by atoms with Gasteiger partial charge in [0.05, 0.1) is 6.54 Å². The third-order valence-corrected chi connectivity index (χ3v) is 3.11. The van der Waals surface area contributed by atoms with Crippen molar-refractivity contribution in [2.45, 2.75) is 13.5 Å². The van der Waals surface area contributed by atoms with Gasteiger partial charge >= 0.3 is 5.69 Å². The highest BCUT2D eigenvalue weighted by Gasteiger charge is 2.05. The molecule has 0 aliphatic heterocycles. The summed E-state index contributed by atoms with van der Waals surface area (Å²) >= 11 is 1.35. The Hall–Kier alpha value is -1.93. The minimum absolute atomic E-state index is 0.357. The molecule has 0 fully saturated rings. The first-order valence-corrected chi connectivity index (χ1v) is 5.63. The highest BCUT2D eigenvalue weighted by molar-refractivity contribution is 7.15. The minimum Gasteiger partial charge on any atom is -0.300 e. The molecule has 0 saturated heterocycles. The lowest BCUT2D eigenvalue weighted by atomic mass is 10.4. The Labute approximate surface area is 99.9 Å². The van der Waals surface area contributed by atoms with E-state index in [9.17, 15) is 9.59 Å². The Bertz CT molecular complexity index is 641. The number of nitrogens with one attached hydrogen (secondary N) is 2. The average molecular weight is 253 g/mol. The maximum Gasteiger partial charge on any atom is 0.328 e. The molecule has 2 rings (SSSR count). The molecule has 4 N–H and O–H groups in total. The van der Waals surface area contributed by atoms with Crippen LogP contribution in [0.15, 0.2) is 22.0 Å². The second kappa shape index (κ2) is 4.52. The number of aromatic amines is 1. The fourth-order valence-corrected chi connectivity index (χ4v) is 2.07.